The predicted octanol–water partition coefficient (Wildman–Crippen LogP) is 4.05. The molecule has 3 aromatic rings. The van der Waals surface area contributed by atoms with E-state index in [1.165, 1.54) is 12.1 Å². The summed E-state index contributed by atoms with van der Waals surface area (Å²) >= 11 is 0. The first-order valence-corrected chi connectivity index (χ1v) is 10.5. The highest BCUT2D eigenvalue weighted by Crippen LogP contribution is 2.21. The van der Waals surface area contributed by atoms with E-state index in [1.54, 1.807) is 24.4 Å². The highest BCUT2D eigenvalue weighted by atomic mass is 19.1. The standard InChI is InChI=1S/C23H26FN5O/c1-17-20(7-6-13-25-17)23(30)28-14-4-2-3-5-15-29-21(12-16-28)26-27-22(29)18-8-10-19(24)11-9-18/h6-11,13H,2-5,12,14-16H2,1H3. The van der Waals surface area contributed by atoms with E-state index in [-0.39, 0.29) is 11.7 Å². The van der Waals surface area contributed by atoms with Crippen LogP contribution in [0.4, 0.5) is 4.39 Å². The second kappa shape index (κ2) is 9.15. The van der Waals surface area contributed by atoms with Crippen LogP contribution in [0, 0.1) is 12.7 Å². The Morgan fingerprint density at radius 3 is 2.50 bits per heavy atom. The van der Waals surface area contributed by atoms with Gasteiger partial charge in [0.05, 0.1) is 5.56 Å². The van der Waals surface area contributed by atoms with Crippen molar-refractivity contribution in [2.24, 2.45) is 0 Å². The number of carbonyl (C=O) groups excluding carboxylic acids is 1. The molecule has 0 atom stereocenters. The van der Waals surface area contributed by atoms with Crippen molar-refractivity contribution in [1.82, 2.24) is 24.6 Å². The number of hydrogen-bond acceptors (Lipinski definition) is 4. The lowest BCUT2D eigenvalue weighted by atomic mass is 10.1. The number of hydrogen-bond donors (Lipinski definition) is 0. The van der Waals surface area contributed by atoms with E-state index in [4.69, 9.17) is 0 Å². The van der Waals surface area contributed by atoms with Crippen molar-refractivity contribution in [1.29, 1.82) is 0 Å². The van der Waals surface area contributed by atoms with E-state index >= 15 is 0 Å². The summed E-state index contributed by atoms with van der Waals surface area (Å²) in [6, 6.07) is 10.00. The third-order valence-electron chi connectivity index (χ3n) is 5.62. The lowest BCUT2D eigenvalue weighted by molar-refractivity contribution is 0.0752. The minimum atomic E-state index is -0.268. The number of halogens is 1. The summed E-state index contributed by atoms with van der Waals surface area (Å²) in [4.78, 5) is 19.3. The van der Waals surface area contributed by atoms with Crippen LogP contribution in [-0.4, -0.2) is 43.6 Å². The Balaban J connectivity index is 1.59. The molecule has 3 heterocycles. The number of fused-ring (bicyclic) bond motifs is 1. The molecule has 0 saturated carbocycles. The number of nitrogens with zero attached hydrogens (tertiary/aromatic N) is 5. The zero-order valence-electron chi connectivity index (χ0n) is 17.2. The van der Waals surface area contributed by atoms with Crippen molar-refractivity contribution in [3.8, 4) is 11.4 Å². The van der Waals surface area contributed by atoms with Crippen LogP contribution in [-0.2, 0) is 13.0 Å². The average Bonchev–Trinajstić information content (AvgIpc) is 3.13. The van der Waals surface area contributed by atoms with Crippen LogP contribution in [0.1, 0.15) is 47.6 Å². The maximum Gasteiger partial charge on any atom is 0.255 e. The van der Waals surface area contributed by atoms with Gasteiger partial charge in [0.15, 0.2) is 5.82 Å². The Bertz CT molecular complexity index is 1010. The number of benzene rings is 1. The van der Waals surface area contributed by atoms with Gasteiger partial charge in [0.1, 0.15) is 11.6 Å². The molecule has 0 aliphatic carbocycles. The van der Waals surface area contributed by atoms with Crippen LogP contribution < -0.4 is 0 Å². The van der Waals surface area contributed by atoms with Gasteiger partial charge in [-0.25, -0.2) is 4.39 Å². The molecule has 0 radical (unpaired) electrons. The molecule has 1 aromatic carbocycles. The number of amides is 1. The third kappa shape index (κ3) is 4.40. The molecule has 1 amide bonds. The summed E-state index contributed by atoms with van der Waals surface area (Å²) in [5.41, 5.74) is 2.25. The molecule has 30 heavy (non-hydrogen) atoms. The van der Waals surface area contributed by atoms with Crippen molar-refractivity contribution in [3.63, 3.8) is 0 Å². The quantitative estimate of drug-likeness (QED) is 0.643. The molecular formula is C23H26FN5O. The van der Waals surface area contributed by atoms with Crippen LogP contribution in [0.15, 0.2) is 42.6 Å². The second-order valence-corrected chi connectivity index (χ2v) is 7.69. The van der Waals surface area contributed by atoms with Gasteiger partial charge >= 0.3 is 0 Å². The molecule has 0 saturated heterocycles. The number of aryl methyl sites for hydroxylation is 1. The Labute approximate surface area is 175 Å². The molecular weight excluding hydrogens is 381 g/mol. The molecule has 0 unspecified atom stereocenters. The summed E-state index contributed by atoms with van der Waals surface area (Å²) in [6.45, 7) is 4.00. The van der Waals surface area contributed by atoms with Gasteiger partial charge in [-0.2, -0.15) is 0 Å². The molecule has 0 N–H and O–H groups in total. The topological polar surface area (TPSA) is 63.9 Å². The lowest BCUT2D eigenvalue weighted by Gasteiger charge is -2.23. The molecule has 156 valence electrons. The van der Waals surface area contributed by atoms with E-state index in [1.807, 2.05) is 17.9 Å². The summed E-state index contributed by atoms with van der Waals surface area (Å²) < 4.78 is 15.5. The van der Waals surface area contributed by atoms with Crippen LogP contribution in [0.5, 0.6) is 0 Å². The Kier molecular flexibility index (Phi) is 6.16. The van der Waals surface area contributed by atoms with Crippen LogP contribution in [0.25, 0.3) is 11.4 Å². The third-order valence-corrected chi connectivity index (χ3v) is 5.62. The fourth-order valence-electron chi connectivity index (χ4n) is 3.92. The zero-order valence-corrected chi connectivity index (χ0v) is 17.2. The van der Waals surface area contributed by atoms with Gasteiger partial charge in [0.2, 0.25) is 0 Å². The second-order valence-electron chi connectivity index (χ2n) is 7.69. The van der Waals surface area contributed by atoms with Gasteiger partial charge in [0.25, 0.3) is 5.91 Å². The van der Waals surface area contributed by atoms with E-state index in [2.05, 4.69) is 19.7 Å². The first kappa shape index (κ1) is 20.2. The van der Waals surface area contributed by atoms with Crippen LogP contribution >= 0.6 is 0 Å². The minimum Gasteiger partial charge on any atom is -0.338 e. The van der Waals surface area contributed by atoms with Crippen molar-refractivity contribution < 1.29 is 9.18 Å². The molecule has 0 spiro atoms. The Morgan fingerprint density at radius 1 is 0.967 bits per heavy atom. The smallest absolute Gasteiger partial charge is 0.255 e. The van der Waals surface area contributed by atoms with Gasteiger partial charge in [0, 0.05) is 43.5 Å². The molecule has 6 nitrogen and oxygen atoms in total. The van der Waals surface area contributed by atoms with Crippen LogP contribution in [0.3, 0.4) is 0 Å². The number of pyridine rings is 1. The monoisotopic (exact) mass is 407 g/mol. The predicted molar refractivity (Wildman–Crippen MR) is 112 cm³/mol. The molecule has 0 fully saturated rings. The first-order valence-electron chi connectivity index (χ1n) is 10.5. The van der Waals surface area contributed by atoms with Crippen molar-refractivity contribution in [2.45, 2.75) is 45.6 Å². The molecule has 7 heteroatoms. The summed E-state index contributed by atoms with van der Waals surface area (Å²) in [5.74, 6) is 1.36. The maximum absolute atomic E-state index is 13.3. The van der Waals surface area contributed by atoms with E-state index in [9.17, 15) is 9.18 Å². The van der Waals surface area contributed by atoms with Crippen molar-refractivity contribution >= 4 is 5.91 Å². The van der Waals surface area contributed by atoms with E-state index < -0.39 is 0 Å². The summed E-state index contributed by atoms with van der Waals surface area (Å²) in [7, 11) is 0. The van der Waals surface area contributed by atoms with Gasteiger partial charge in [-0.15, -0.1) is 10.2 Å². The molecule has 1 aliphatic heterocycles. The van der Waals surface area contributed by atoms with Crippen molar-refractivity contribution in [2.75, 3.05) is 13.1 Å². The highest BCUT2D eigenvalue weighted by Gasteiger charge is 2.21. The number of aromatic nitrogens is 4. The van der Waals surface area contributed by atoms with Gasteiger partial charge in [-0.3, -0.25) is 9.78 Å². The van der Waals surface area contributed by atoms with E-state index in [0.717, 1.165) is 61.7 Å². The number of rotatable bonds is 2. The van der Waals surface area contributed by atoms with Crippen LogP contribution in [0.2, 0.25) is 0 Å². The maximum atomic E-state index is 13.3. The lowest BCUT2D eigenvalue weighted by Crippen LogP contribution is -2.34. The molecule has 4 rings (SSSR count). The SMILES string of the molecule is Cc1ncccc1C(=O)N1CCCCCCn2c(nnc2-c2ccc(F)cc2)CC1. The molecule has 0 bridgehead atoms. The van der Waals surface area contributed by atoms with Crippen molar-refractivity contribution in [3.05, 3.63) is 65.5 Å². The van der Waals surface area contributed by atoms with Gasteiger partial charge in [-0.05, 0) is 56.2 Å². The Hall–Kier alpha value is -3.09. The molecule has 1 aliphatic rings. The highest BCUT2D eigenvalue weighted by molar-refractivity contribution is 5.95. The normalized spacial score (nSPS) is 15.3. The largest absolute Gasteiger partial charge is 0.338 e. The fraction of sp³-hybridized carbons (Fsp3) is 0.391. The minimum absolute atomic E-state index is 0.0182. The fourth-order valence-corrected chi connectivity index (χ4v) is 3.92. The first-order chi connectivity index (χ1) is 14.6. The van der Waals surface area contributed by atoms with E-state index in [0.29, 0.717) is 18.5 Å². The molecule has 2 aromatic heterocycles. The number of carbonyl (C=O) groups is 1. The zero-order chi connectivity index (χ0) is 20.9. The summed E-state index contributed by atoms with van der Waals surface area (Å²) in [6.07, 6.45) is 6.48. The van der Waals surface area contributed by atoms with Gasteiger partial charge in [-0.1, -0.05) is 12.8 Å². The van der Waals surface area contributed by atoms with Gasteiger partial charge < -0.3 is 9.47 Å². The summed E-state index contributed by atoms with van der Waals surface area (Å²) in [5, 5.41) is 8.80. The Morgan fingerprint density at radius 2 is 1.73 bits per heavy atom. The average molecular weight is 407 g/mol.